The number of benzene rings is 7. The molecule has 0 unspecified atom stereocenters. The molecule has 0 aliphatic heterocycles. The number of rotatable bonds is 3. The highest BCUT2D eigenvalue weighted by Gasteiger charge is 2.23. The molecule has 222 valence electrons. The molecule has 0 fully saturated rings. The predicted octanol–water partition coefficient (Wildman–Crippen LogP) is 11.1. The molecule has 0 amide bonds. The first-order chi connectivity index (χ1) is 23.8. The first-order valence-electron chi connectivity index (χ1n) is 16.1. The maximum absolute atomic E-state index is 6.58. The first-order valence-corrected chi connectivity index (χ1v) is 16.1. The second kappa shape index (κ2) is 9.47. The SMILES string of the molecule is c1ccc(-c2nc(-c3ccc4c(c3)c3cccc5ccc6oc7c8ccccc8n4c7c6c53)nc(-c3cccc4ccccc34)n2)cc1. The van der Waals surface area contributed by atoms with Crippen LogP contribution in [0.3, 0.4) is 0 Å². The van der Waals surface area contributed by atoms with Crippen LogP contribution in [-0.4, -0.2) is 19.4 Å². The van der Waals surface area contributed by atoms with Crippen molar-refractivity contribution in [1.29, 1.82) is 0 Å². The van der Waals surface area contributed by atoms with E-state index in [9.17, 15) is 0 Å². The van der Waals surface area contributed by atoms with Crippen molar-refractivity contribution in [3.8, 4) is 34.2 Å². The Hall–Kier alpha value is -6.59. The van der Waals surface area contributed by atoms with E-state index in [1.54, 1.807) is 0 Å². The maximum atomic E-state index is 6.58. The molecule has 0 radical (unpaired) electrons. The van der Waals surface area contributed by atoms with Gasteiger partial charge in [0.25, 0.3) is 0 Å². The lowest BCUT2D eigenvalue weighted by Crippen LogP contribution is -2.00. The predicted molar refractivity (Wildman–Crippen MR) is 196 cm³/mol. The molecule has 0 bridgehead atoms. The van der Waals surface area contributed by atoms with Gasteiger partial charge < -0.3 is 8.82 Å². The largest absolute Gasteiger partial charge is 0.454 e. The van der Waals surface area contributed by atoms with E-state index >= 15 is 0 Å². The van der Waals surface area contributed by atoms with Crippen LogP contribution in [0.25, 0.3) is 105 Å². The zero-order valence-electron chi connectivity index (χ0n) is 25.6. The van der Waals surface area contributed by atoms with Gasteiger partial charge in [-0.25, -0.2) is 15.0 Å². The molecule has 4 aromatic heterocycles. The molecular formula is C43H24N4O. The molecule has 5 nitrogen and oxygen atoms in total. The van der Waals surface area contributed by atoms with Crippen molar-refractivity contribution in [2.24, 2.45) is 0 Å². The van der Waals surface area contributed by atoms with Crippen LogP contribution in [0, 0.1) is 0 Å². The Labute approximate surface area is 273 Å². The third-order valence-electron chi connectivity index (χ3n) is 9.77. The summed E-state index contributed by atoms with van der Waals surface area (Å²) in [4.78, 5) is 15.3. The number of furan rings is 1. The number of para-hydroxylation sites is 1. The summed E-state index contributed by atoms with van der Waals surface area (Å²) in [7, 11) is 0. The van der Waals surface area contributed by atoms with Crippen molar-refractivity contribution >= 4 is 70.8 Å². The van der Waals surface area contributed by atoms with Gasteiger partial charge in [-0.15, -0.1) is 0 Å². The minimum atomic E-state index is 0.633. The lowest BCUT2D eigenvalue weighted by molar-refractivity contribution is 0.673. The highest BCUT2D eigenvalue weighted by Crippen LogP contribution is 2.45. The van der Waals surface area contributed by atoms with E-state index in [2.05, 4.69) is 132 Å². The summed E-state index contributed by atoms with van der Waals surface area (Å²) < 4.78 is 8.96. The zero-order chi connectivity index (χ0) is 31.3. The molecule has 48 heavy (non-hydrogen) atoms. The summed E-state index contributed by atoms with van der Waals surface area (Å²) in [6.07, 6.45) is 0. The Bertz CT molecular complexity index is 3060. The van der Waals surface area contributed by atoms with Crippen LogP contribution >= 0.6 is 0 Å². The quantitative estimate of drug-likeness (QED) is 0.199. The van der Waals surface area contributed by atoms with Crippen LogP contribution in [0.2, 0.25) is 0 Å². The summed E-state index contributed by atoms with van der Waals surface area (Å²) in [6.45, 7) is 0. The third-order valence-corrected chi connectivity index (χ3v) is 9.77. The van der Waals surface area contributed by atoms with Gasteiger partial charge in [0.15, 0.2) is 23.1 Å². The fraction of sp³-hybridized carbons (Fsp3) is 0. The smallest absolute Gasteiger partial charge is 0.164 e. The second-order valence-corrected chi connectivity index (χ2v) is 12.4. The zero-order valence-corrected chi connectivity index (χ0v) is 25.6. The van der Waals surface area contributed by atoms with Gasteiger partial charge in [-0.3, -0.25) is 0 Å². The summed E-state index contributed by atoms with van der Waals surface area (Å²) in [6, 6.07) is 50.8. The molecule has 0 N–H and O–H groups in total. The van der Waals surface area contributed by atoms with Crippen molar-refractivity contribution < 1.29 is 4.42 Å². The minimum Gasteiger partial charge on any atom is -0.454 e. The van der Waals surface area contributed by atoms with E-state index in [-0.39, 0.29) is 0 Å². The molecule has 11 rings (SSSR count). The fourth-order valence-electron chi connectivity index (χ4n) is 7.65. The molecule has 0 atom stereocenters. The summed E-state index contributed by atoms with van der Waals surface area (Å²) >= 11 is 0. The molecule has 5 heteroatoms. The van der Waals surface area contributed by atoms with Gasteiger partial charge in [-0.05, 0) is 57.9 Å². The van der Waals surface area contributed by atoms with Crippen LogP contribution in [0.15, 0.2) is 150 Å². The molecule has 0 saturated carbocycles. The van der Waals surface area contributed by atoms with Crippen molar-refractivity contribution in [1.82, 2.24) is 19.4 Å². The molecule has 0 aliphatic carbocycles. The normalized spacial score (nSPS) is 12.2. The van der Waals surface area contributed by atoms with Crippen LogP contribution < -0.4 is 0 Å². The lowest BCUT2D eigenvalue weighted by atomic mass is 9.99. The third kappa shape index (κ3) is 3.47. The molecule has 11 aromatic rings. The van der Waals surface area contributed by atoms with Crippen LogP contribution in [0.5, 0.6) is 0 Å². The Morgan fingerprint density at radius 3 is 2.04 bits per heavy atom. The van der Waals surface area contributed by atoms with Crippen LogP contribution in [0.4, 0.5) is 0 Å². The van der Waals surface area contributed by atoms with Gasteiger partial charge in [-0.1, -0.05) is 109 Å². The van der Waals surface area contributed by atoms with E-state index in [0.29, 0.717) is 17.5 Å². The highest BCUT2D eigenvalue weighted by atomic mass is 16.3. The Balaban J connectivity index is 1.26. The van der Waals surface area contributed by atoms with E-state index in [1.807, 2.05) is 18.2 Å². The van der Waals surface area contributed by atoms with Crippen LogP contribution in [-0.2, 0) is 0 Å². The monoisotopic (exact) mass is 612 g/mol. The average molecular weight is 613 g/mol. The van der Waals surface area contributed by atoms with Crippen LogP contribution in [0.1, 0.15) is 0 Å². The molecule has 0 spiro atoms. The van der Waals surface area contributed by atoms with Gasteiger partial charge in [0.1, 0.15) is 11.1 Å². The number of hydrogen-bond donors (Lipinski definition) is 0. The molecule has 0 aliphatic rings. The van der Waals surface area contributed by atoms with Gasteiger partial charge >= 0.3 is 0 Å². The summed E-state index contributed by atoms with van der Waals surface area (Å²) in [5.41, 5.74) is 8.01. The number of nitrogens with zero attached hydrogens (tertiary/aromatic N) is 4. The van der Waals surface area contributed by atoms with Crippen molar-refractivity contribution in [3.63, 3.8) is 0 Å². The van der Waals surface area contributed by atoms with Gasteiger partial charge in [0, 0.05) is 32.8 Å². The highest BCUT2D eigenvalue weighted by molar-refractivity contribution is 6.31. The van der Waals surface area contributed by atoms with Gasteiger partial charge in [0.2, 0.25) is 0 Å². The van der Waals surface area contributed by atoms with Crippen molar-refractivity contribution in [3.05, 3.63) is 146 Å². The Kier molecular flexibility index (Phi) is 5.05. The molecule has 7 aromatic carbocycles. The second-order valence-electron chi connectivity index (χ2n) is 12.4. The molecule has 4 heterocycles. The van der Waals surface area contributed by atoms with E-state index in [4.69, 9.17) is 19.4 Å². The lowest BCUT2D eigenvalue weighted by Gasteiger charge is -2.11. The van der Waals surface area contributed by atoms with Crippen molar-refractivity contribution in [2.45, 2.75) is 0 Å². The van der Waals surface area contributed by atoms with E-state index < -0.39 is 0 Å². The van der Waals surface area contributed by atoms with E-state index in [0.717, 1.165) is 76.7 Å². The molecular weight excluding hydrogens is 589 g/mol. The first kappa shape index (κ1) is 25.6. The standard InChI is InChI=1S/C43H24N4O/c1-2-11-27(12-3-1)41-44-42(46-43(45-41)31-18-8-13-25-10-4-5-15-29(25)31)28-20-22-35-33(24-28)30-17-9-14-26-21-23-36-38(37(26)30)39-40(48-36)32-16-6-7-19-34(32)47(35)39/h1-24H. The Morgan fingerprint density at radius 1 is 0.438 bits per heavy atom. The topological polar surface area (TPSA) is 56.2 Å². The Morgan fingerprint density at radius 2 is 1.12 bits per heavy atom. The number of fused-ring (bicyclic) bond motifs is 7. The van der Waals surface area contributed by atoms with Gasteiger partial charge in [0.05, 0.1) is 16.4 Å². The van der Waals surface area contributed by atoms with Gasteiger partial charge in [-0.2, -0.15) is 0 Å². The van der Waals surface area contributed by atoms with E-state index in [1.165, 1.54) is 10.8 Å². The fourth-order valence-corrected chi connectivity index (χ4v) is 7.65. The average Bonchev–Trinajstić information content (AvgIpc) is 3.65. The van der Waals surface area contributed by atoms with Crippen molar-refractivity contribution in [2.75, 3.05) is 0 Å². The number of hydrogen-bond acceptors (Lipinski definition) is 4. The summed E-state index contributed by atoms with van der Waals surface area (Å²) in [5.74, 6) is 1.93. The summed E-state index contributed by atoms with van der Waals surface area (Å²) in [5, 5.41) is 9.18. The number of aromatic nitrogens is 4. The minimum absolute atomic E-state index is 0.633. The molecule has 0 saturated heterocycles. The maximum Gasteiger partial charge on any atom is 0.164 e.